The molecule has 2 atom stereocenters. The van der Waals surface area contributed by atoms with Gasteiger partial charge in [0.1, 0.15) is 18.3 Å². The Bertz CT molecular complexity index is 1190. The van der Waals surface area contributed by atoms with Crippen LogP contribution in [0.1, 0.15) is 19.4 Å². The molecule has 2 rings (SSSR count). The van der Waals surface area contributed by atoms with Gasteiger partial charge in [-0.25, -0.2) is 0 Å². The van der Waals surface area contributed by atoms with Crippen LogP contribution in [0, 0.1) is 5.92 Å². The molecule has 3 amide bonds. The third kappa shape index (κ3) is 10.1. The Kier molecular flexibility index (Phi) is 11.4. The van der Waals surface area contributed by atoms with Crippen molar-refractivity contribution in [2.45, 2.75) is 44.5 Å². The molecule has 218 valence electrons. The van der Waals surface area contributed by atoms with Gasteiger partial charge in [-0.2, -0.15) is 22.0 Å². The fraction of sp³-hybridized carbons (Fsp3) is 0.385. The molecular weight excluding hydrogens is 565 g/mol. The fourth-order valence-corrected chi connectivity index (χ4v) is 3.57. The summed E-state index contributed by atoms with van der Waals surface area (Å²) in [5.41, 5.74) is 0.572. The smallest absolute Gasteiger partial charge is 0.405 e. The molecule has 0 saturated carbocycles. The number of rotatable bonds is 13. The largest absolute Gasteiger partial charge is 0.484 e. The van der Waals surface area contributed by atoms with Crippen molar-refractivity contribution in [2.24, 2.45) is 5.92 Å². The number of carbonyl (C=O) groups excluding carboxylic acids is 4. The van der Waals surface area contributed by atoms with E-state index in [1.165, 1.54) is 26.0 Å². The summed E-state index contributed by atoms with van der Waals surface area (Å²) in [4.78, 5) is 50.0. The minimum Gasteiger partial charge on any atom is -0.484 e. The first-order valence-corrected chi connectivity index (χ1v) is 12.3. The maximum atomic E-state index is 14.5. The van der Waals surface area contributed by atoms with E-state index in [0.717, 1.165) is 5.32 Å². The number of carbonyl (C=O) groups is 4. The summed E-state index contributed by atoms with van der Waals surface area (Å²) in [5.74, 6) is -12.0. The van der Waals surface area contributed by atoms with Gasteiger partial charge in [0.05, 0.1) is 6.04 Å². The zero-order valence-corrected chi connectivity index (χ0v) is 22.1. The van der Waals surface area contributed by atoms with Crippen molar-refractivity contribution in [3.05, 3.63) is 65.2 Å². The molecule has 0 aliphatic rings. The first kappa shape index (κ1) is 32.5. The second kappa shape index (κ2) is 14.1. The van der Waals surface area contributed by atoms with E-state index in [-0.39, 0.29) is 12.2 Å². The van der Waals surface area contributed by atoms with Gasteiger partial charge in [0, 0.05) is 11.4 Å². The number of Topliss-reactive ketones (excluding diaryl/α,β-unsaturated/α-hetero) is 1. The highest BCUT2D eigenvalue weighted by Crippen LogP contribution is 2.22. The molecular formula is C26H27ClF5N3O5. The van der Waals surface area contributed by atoms with Crippen molar-refractivity contribution in [1.82, 2.24) is 16.0 Å². The standard InChI is InChI=1S/C26H27ClF5N3O5/c1-15(2)21(22(37)26(31,32)24(39)33-14-25(28,29)30)35-23(38)19(11-16-7-4-3-5-8-16)34-20(36)13-40-18-10-6-9-17(27)12-18/h3-10,12,15,19,21H,11,13-14H2,1-2H3,(H,33,39)(H,34,36)(H,35,38)/t19-,21-/m0/s1. The molecule has 0 bridgehead atoms. The van der Waals surface area contributed by atoms with Gasteiger partial charge in [-0.15, -0.1) is 0 Å². The van der Waals surface area contributed by atoms with Crippen LogP contribution in [0.15, 0.2) is 54.6 Å². The Hall–Kier alpha value is -3.74. The van der Waals surface area contributed by atoms with E-state index in [4.69, 9.17) is 16.3 Å². The molecule has 0 unspecified atom stereocenters. The number of nitrogens with one attached hydrogen (secondary N) is 3. The number of amides is 3. The number of benzene rings is 2. The summed E-state index contributed by atoms with van der Waals surface area (Å²) in [6.45, 7) is -0.0366. The number of ketones is 1. The lowest BCUT2D eigenvalue weighted by atomic mass is 9.94. The molecule has 0 heterocycles. The molecule has 0 fully saturated rings. The van der Waals surface area contributed by atoms with Gasteiger partial charge < -0.3 is 20.7 Å². The Labute approximate surface area is 231 Å². The summed E-state index contributed by atoms with van der Waals surface area (Å²) in [5, 5.41) is 5.86. The van der Waals surface area contributed by atoms with Crippen LogP contribution >= 0.6 is 11.6 Å². The van der Waals surface area contributed by atoms with E-state index in [2.05, 4.69) is 10.6 Å². The highest BCUT2D eigenvalue weighted by Gasteiger charge is 2.52. The lowest BCUT2D eigenvalue weighted by Gasteiger charge is -2.27. The maximum absolute atomic E-state index is 14.5. The number of alkyl halides is 5. The molecule has 14 heteroatoms. The average molecular weight is 592 g/mol. The SMILES string of the molecule is CC(C)[C@H](NC(=O)[C@H](Cc1ccccc1)NC(=O)COc1cccc(Cl)c1)C(=O)C(F)(F)C(=O)NCC(F)(F)F. The zero-order chi connectivity index (χ0) is 30.1. The summed E-state index contributed by atoms with van der Waals surface area (Å²) >= 11 is 5.88. The summed E-state index contributed by atoms with van der Waals surface area (Å²) in [7, 11) is 0. The van der Waals surface area contributed by atoms with Gasteiger partial charge in [-0.1, -0.05) is 61.8 Å². The van der Waals surface area contributed by atoms with Crippen molar-refractivity contribution in [3.8, 4) is 5.75 Å². The third-order valence-corrected chi connectivity index (χ3v) is 5.63. The van der Waals surface area contributed by atoms with Gasteiger partial charge in [0.2, 0.25) is 11.7 Å². The maximum Gasteiger partial charge on any atom is 0.405 e. The molecule has 2 aromatic carbocycles. The second-order valence-electron chi connectivity index (χ2n) is 9.02. The Balaban J connectivity index is 2.19. The van der Waals surface area contributed by atoms with E-state index in [0.29, 0.717) is 10.6 Å². The zero-order valence-electron chi connectivity index (χ0n) is 21.4. The van der Waals surface area contributed by atoms with E-state index in [9.17, 15) is 41.1 Å². The van der Waals surface area contributed by atoms with Crippen LogP contribution in [-0.2, 0) is 25.6 Å². The topological polar surface area (TPSA) is 114 Å². The Morgan fingerprint density at radius 1 is 0.925 bits per heavy atom. The minimum atomic E-state index is -4.99. The van der Waals surface area contributed by atoms with Crippen molar-refractivity contribution in [1.29, 1.82) is 0 Å². The van der Waals surface area contributed by atoms with Crippen molar-refractivity contribution in [3.63, 3.8) is 0 Å². The number of halogens is 6. The number of hydrogen-bond donors (Lipinski definition) is 3. The lowest BCUT2D eigenvalue weighted by Crippen LogP contribution is -2.59. The first-order valence-electron chi connectivity index (χ1n) is 11.9. The van der Waals surface area contributed by atoms with Gasteiger partial charge in [-0.3, -0.25) is 19.2 Å². The molecule has 8 nitrogen and oxygen atoms in total. The Morgan fingerprint density at radius 3 is 2.15 bits per heavy atom. The number of ether oxygens (including phenoxy) is 1. The molecule has 40 heavy (non-hydrogen) atoms. The molecule has 0 aromatic heterocycles. The quantitative estimate of drug-likeness (QED) is 0.244. The van der Waals surface area contributed by atoms with Crippen LogP contribution in [0.3, 0.4) is 0 Å². The monoisotopic (exact) mass is 591 g/mol. The Morgan fingerprint density at radius 2 is 1.57 bits per heavy atom. The second-order valence-corrected chi connectivity index (χ2v) is 9.46. The molecule has 3 N–H and O–H groups in total. The van der Waals surface area contributed by atoms with E-state index < -0.39 is 66.8 Å². The fourth-order valence-electron chi connectivity index (χ4n) is 3.39. The van der Waals surface area contributed by atoms with E-state index >= 15 is 0 Å². The normalized spacial score (nSPS) is 13.2. The van der Waals surface area contributed by atoms with Gasteiger partial charge in [0.15, 0.2) is 6.61 Å². The van der Waals surface area contributed by atoms with Gasteiger partial charge in [0.25, 0.3) is 11.8 Å². The molecule has 2 aromatic rings. The third-order valence-electron chi connectivity index (χ3n) is 5.39. The summed E-state index contributed by atoms with van der Waals surface area (Å²) < 4.78 is 71.4. The van der Waals surface area contributed by atoms with Crippen molar-refractivity contribution < 1.29 is 45.9 Å². The van der Waals surface area contributed by atoms with Gasteiger partial charge in [-0.05, 0) is 29.7 Å². The molecule has 0 saturated heterocycles. The highest BCUT2D eigenvalue weighted by molar-refractivity contribution is 6.30. The van der Waals surface area contributed by atoms with Crippen LogP contribution in [0.25, 0.3) is 0 Å². The summed E-state index contributed by atoms with van der Waals surface area (Å²) in [6, 6.07) is 11.1. The highest BCUT2D eigenvalue weighted by atomic mass is 35.5. The van der Waals surface area contributed by atoms with Gasteiger partial charge >= 0.3 is 12.1 Å². The van der Waals surface area contributed by atoms with Crippen LogP contribution in [0.4, 0.5) is 22.0 Å². The predicted octanol–water partition coefficient (Wildman–Crippen LogP) is 3.47. The number of hydrogen-bond acceptors (Lipinski definition) is 5. The lowest BCUT2D eigenvalue weighted by molar-refractivity contribution is -0.165. The van der Waals surface area contributed by atoms with Crippen LogP contribution < -0.4 is 20.7 Å². The molecule has 0 aliphatic heterocycles. The van der Waals surface area contributed by atoms with Crippen LogP contribution in [0.5, 0.6) is 5.75 Å². The predicted molar refractivity (Wildman–Crippen MR) is 135 cm³/mol. The average Bonchev–Trinajstić information content (AvgIpc) is 2.88. The van der Waals surface area contributed by atoms with E-state index in [1.54, 1.807) is 42.5 Å². The van der Waals surface area contributed by atoms with Crippen LogP contribution in [-0.4, -0.2) is 60.8 Å². The molecule has 0 radical (unpaired) electrons. The summed E-state index contributed by atoms with van der Waals surface area (Å²) in [6.07, 6.45) is -5.10. The van der Waals surface area contributed by atoms with Crippen LogP contribution in [0.2, 0.25) is 5.02 Å². The molecule has 0 spiro atoms. The van der Waals surface area contributed by atoms with Crippen molar-refractivity contribution >= 4 is 35.1 Å². The molecule has 0 aliphatic carbocycles. The van der Waals surface area contributed by atoms with E-state index in [1.807, 2.05) is 0 Å². The minimum absolute atomic E-state index is 0.114. The van der Waals surface area contributed by atoms with Crippen molar-refractivity contribution in [2.75, 3.05) is 13.2 Å². The first-order chi connectivity index (χ1) is 18.6.